The number of hydrogen-bond donors (Lipinski definition) is 1. The fourth-order valence-electron chi connectivity index (χ4n) is 3.94. The van der Waals surface area contributed by atoms with Crippen LogP contribution >= 0.6 is 35.4 Å². The fourth-order valence-corrected chi connectivity index (χ4v) is 4.34. The first-order valence-electron chi connectivity index (χ1n) is 8.92. The molecule has 1 aliphatic heterocycles. The Labute approximate surface area is 174 Å². The van der Waals surface area contributed by atoms with E-state index in [4.69, 9.17) is 46.3 Å². The Bertz CT molecular complexity index is 919. The van der Waals surface area contributed by atoms with Gasteiger partial charge in [-0.2, -0.15) is 5.10 Å². The van der Waals surface area contributed by atoms with Crippen LogP contribution in [-0.4, -0.2) is 15.8 Å². The molecule has 3 nitrogen and oxygen atoms in total. The zero-order valence-corrected chi connectivity index (χ0v) is 16.9. The number of nitrogens with two attached hydrogens (primary N) is 1. The lowest BCUT2D eigenvalue weighted by atomic mass is 9.77. The number of hydrogen-bond acceptors (Lipinski definition) is 2. The predicted octanol–water partition coefficient (Wildman–Crippen LogP) is 5.83. The molecule has 6 heteroatoms. The zero-order chi connectivity index (χ0) is 19.0. The van der Waals surface area contributed by atoms with Crippen molar-refractivity contribution in [1.82, 2.24) is 5.01 Å². The molecular weight excluding hydrogens is 397 g/mol. The molecule has 0 radical (unpaired) electrons. The van der Waals surface area contributed by atoms with E-state index >= 15 is 0 Å². The summed E-state index contributed by atoms with van der Waals surface area (Å²) in [5, 5.41) is 8.38. The van der Waals surface area contributed by atoms with E-state index in [1.807, 2.05) is 48.5 Å². The Balaban J connectivity index is 1.72. The Hall–Kier alpha value is -1.88. The third-order valence-corrected chi connectivity index (χ3v) is 5.84. The van der Waals surface area contributed by atoms with Gasteiger partial charge in [-0.15, -0.1) is 0 Å². The SMILES string of the molecule is NC(=S)N1N=C2/C(=C/c3ccc(Cl)cc3)CCC[C@H]2[C@H]1c1ccc(Cl)cc1. The van der Waals surface area contributed by atoms with Crippen molar-refractivity contribution in [3.8, 4) is 0 Å². The third-order valence-electron chi connectivity index (χ3n) is 5.15. The van der Waals surface area contributed by atoms with Gasteiger partial charge in [-0.1, -0.05) is 47.5 Å². The summed E-state index contributed by atoms with van der Waals surface area (Å²) in [7, 11) is 0. The van der Waals surface area contributed by atoms with Crippen LogP contribution in [0.15, 0.2) is 59.2 Å². The second-order valence-corrected chi connectivity index (χ2v) is 8.18. The van der Waals surface area contributed by atoms with E-state index in [-0.39, 0.29) is 12.0 Å². The number of thiocarbonyl (C=S) groups is 1. The number of nitrogens with zero attached hydrogens (tertiary/aromatic N) is 2. The van der Waals surface area contributed by atoms with Crippen LogP contribution in [0.1, 0.15) is 36.4 Å². The minimum atomic E-state index is 0.0173. The van der Waals surface area contributed by atoms with Crippen LogP contribution in [0, 0.1) is 5.92 Å². The van der Waals surface area contributed by atoms with Crippen LogP contribution in [0.25, 0.3) is 6.08 Å². The third kappa shape index (κ3) is 3.75. The van der Waals surface area contributed by atoms with Crippen LogP contribution < -0.4 is 5.73 Å². The summed E-state index contributed by atoms with van der Waals surface area (Å²) in [5.41, 5.74) is 10.6. The Morgan fingerprint density at radius 3 is 2.33 bits per heavy atom. The van der Waals surface area contributed by atoms with Crippen molar-refractivity contribution in [2.75, 3.05) is 0 Å². The largest absolute Gasteiger partial charge is 0.375 e. The van der Waals surface area contributed by atoms with Gasteiger partial charge in [-0.05, 0) is 78.5 Å². The van der Waals surface area contributed by atoms with Crippen LogP contribution in [0.5, 0.6) is 0 Å². The van der Waals surface area contributed by atoms with Crippen LogP contribution in [0.2, 0.25) is 10.0 Å². The Morgan fingerprint density at radius 1 is 1.07 bits per heavy atom. The molecule has 0 amide bonds. The van der Waals surface area contributed by atoms with E-state index in [1.54, 1.807) is 5.01 Å². The van der Waals surface area contributed by atoms with Crippen molar-refractivity contribution in [2.45, 2.75) is 25.3 Å². The first kappa shape index (κ1) is 18.5. The van der Waals surface area contributed by atoms with Gasteiger partial charge in [0.15, 0.2) is 5.11 Å². The highest BCUT2D eigenvalue weighted by molar-refractivity contribution is 7.80. The average Bonchev–Trinajstić information content (AvgIpc) is 3.05. The van der Waals surface area contributed by atoms with Gasteiger partial charge in [0.25, 0.3) is 0 Å². The maximum atomic E-state index is 6.07. The van der Waals surface area contributed by atoms with Crippen molar-refractivity contribution < 1.29 is 0 Å². The number of rotatable bonds is 2. The molecule has 0 bridgehead atoms. The summed E-state index contributed by atoms with van der Waals surface area (Å²) >= 11 is 17.4. The van der Waals surface area contributed by atoms with Gasteiger partial charge < -0.3 is 5.73 Å². The summed E-state index contributed by atoms with van der Waals surface area (Å²) in [4.78, 5) is 0. The molecule has 2 N–H and O–H groups in total. The van der Waals surface area contributed by atoms with Gasteiger partial charge in [0.2, 0.25) is 0 Å². The second-order valence-electron chi connectivity index (χ2n) is 6.88. The number of fused-ring (bicyclic) bond motifs is 1. The van der Waals surface area contributed by atoms with Crippen molar-refractivity contribution in [1.29, 1.82) is 0 Å². The van der Waals surface area contributed by atoms with Crippen molar-refractivity contribution in [3.63, 3.8) is 0 Å². The van der Waals surface area contributed by atoms with Gasteiger partial charge in [-0.3, -0.25) is 0 Å². The lowest BCUT2D eigenvalue weighted by Gasteiger charge is -2.29. The average molecular weight is 416 g/mol. The molecule has 4 rings (SSSR count). The summed E-state index contributed by atoms with van der Waals surface area (Å²) in [6.07, 6.45) is 5.36. The quantitative estimate of drug-likeness (QED) is 0.626. The zero-order valence-electron chi connectivity index (χ0n) is 14.6. The van der Waals surface area contributed by atoms with Crippen LogP contribution in [0.3, 0.4) is 0 Å². The Kier molecular flexibility index (Phi) is 5.22. The maximum Gasteiger partial charge on any atom is 0.187 e. The number of hydrazone groups is 1. The first-order valence-corrected chi connectivity index (χ1v) is 10.1. The lowest BCUT2D eigenvalue weighted by Crippen LogP contribution is -2.34. The van der Waals surface area contributed by atoms with Crippen LogP contribution in [-0.2, 0) is 0 Å². The van der Waals surface area contributed by atoms with Crippen molar-refractivity contribution >= 4 is 52.3 Å². The first-order chi connectivity index (χ1) is 13.0. The van der Waals surface area contributed by atoms with E-state index in [0.29, 0.717) is 10.1 Å². The minimum Gasteiger partial charge on any atom is -0.375 e. The van der Waals surface area contributed by atoms with E-state index < -0.39 is 0 Å². The molecule has 1 aliphatic carbocycles. The van der Waals surface area contributed by atoms with Gasteiger partial charge in [0.05, 0.1) is 11.8 Å². The number of benzene rings is 2. The second kappa shape index (κ2) is 7.63. The fraction of sp³-hybridized carbons (Fsp3) is 0.238. The molecule has 1 fully saturated rings. The topological polar surface area (TPSA) is 41.6 Å². The Morgan fingerprint density at radius 2 is 1.70 bits per heavy atom. The normalized spacial score (nSPS) is 23.3. The molecule has 1 saturated carbocycles. The molecule has 0 unspecified atom stereocenters. The molecule has 0 aromatic heterocycles. The van der Waals surface area contributed by atoms with Gasteiger partial charge in [-0.25, -0.2) is 5.01 Å². The molecular formula is C21H19Cl2N3S. The summed E-state index contributed by atoms with van der Waals surface area (Å²) in [6, 6.07) is 15.8. The molecule has 0 spiro atoms. The lowest BCUT2D eigenvalue weighted by molar-refractivity contribution is 0.305. The van der Waals surface area contributed by atoms with Crippen molar-refractivity contribution in [3.05, 3.63) is 75.3 Å². The monoisotopic (exact) mass is 415 g/mol. The minimum absolute atomic E-state index is 0.0173. The standard InChI is InChI=1S/C21H19Cl2N3S/c22-16-8-4-13(5-9-16)12-15-2-1-3-18-19(15)25-26(21(24)27)20(18)14-6-10-17(23)11-7-14/h4-12,18,20H,1-3H2,(H2,24,27)/b15-12+/t18-,20-/m1/s1. The molecule has 138 valence electrons. The highest BCUT2D eigenvalue weighted by atomic mass is 35.5. The van der Waals surface area contributed by atoms with E-state index in [2.05, 4.69) is 6.08 Å². The summed E-state index contributed by atoms with van der Waals surface area (Å²) in [6.45, 7) is 0. The van der Waals surface area contributed by atoms with E-state index in [9.17, 15) is 0 Å². The van der Waals surface area contributed by atoms with Crippen LogP contribution in [0.4, 0.5) is 0 Å². The maximum absolute atomic E-state index is 6.07. The van der Waals surface area contributed by atoms with Crippen molar-refractivity contribution in [2.24, 2.45) is 16.8 Å². The molecule has 27 heavy (non-hydrogen) atoms. The molecule has 2 aromatic rings. The highest BCUT2D eigenvalue weighted by Crippen LogP contribution is 2.44. The van der Waals surface area contributed by atoms with Gasteiger partial charge in [0, 0.05) is 16.0 Å². The van der Waals surface area contributed by atoms with E-state index in [1.165, 1.54) is 5.57 Å². The molecule has 2 aliphatic rings. The predicted molar refractivity (Wildman–Crippen MR) is 117 cm³/mol. The summed E-state index contributed by atoms with van der Waals surface area (Å²) < 4.78 is 0. The smallest absolute Gasteiger partial charge is 0.187 e. The van der Waals surface area contributed by atoms with E-state index in [0.717, 1.165) is 41.1 Å². The van der Waals surface area contributed by atoms with Gasteiger partial charge >= 0.3 is 0 Å². The van der Waals surface area contributed by atoms with Gasteiger partial charge in [0.1, 0.15) is 0 Å². The molecule has 0 saturated heterocycles. The molecule has 2 aromatic carbocycles. The number of allylic oxidation sites excluding steroid dienone is 1. The number of halogens is 2. The molecule has 2 atom stereocenters. The molecule has 1 heterocycles. The summed E-state index contributed by atoms with van der Waals surface area (Å²) in [5.74, 6) is 0.264. The highest BCUT2D eigenvalue weighted by Gasteiger charge is 2.42.